The van der Waals surface area contributed by atoms with Gasteiger partial charge in [0.2, 0.25) is 0 Å². The van der Waals surface area contributed by atoms with E-state index in [1.807, 2.05) is 40.5 Å². The predicted octanol–water partition coefficient (Wildman–Crippen LogP) is -0.688. The quantitative estimate of drug-likeness (QED) is 0.756. The highest BCUT2D eigenvalue weighted by molar-refractivity contribution is 5.84. The summed E-state index contributed by atoms with van der Waals surface area (Å²) in [6.45, 7) is 3.40. The second kappa shape index (κ2) is 7.94. The molecule has 2 N–H and O–H groups in total. The molecule has 1 aliphatic rings. The first-order valence-corrected chi connectivity index (χ1v) is 7.97. The molecule has 1 aliphatic heterocycles. The van der Waals surface area contributed by atoms with Crippen molar-refractivity contribution in [2.24, 2.45) is 0 Å². The number of aliphatic carboxylic acids is 1. The molecule has 0 aliphatic carbocycles. The Balaban J connectivity index is 2.02. The third kappa shape index (κ3) is 4.56. The van der Waals surface area contributed by atoms with Gasteiger partial charge in [-0.15, -0.1) is 0 Å². The first-order valence-electron chi connectivity index (χ1n) is 7.97. The Hall–Kier alpha value is -1.88. The van der Waals surface area contributed by atoms with Crippen LogP contribution >= 0.6 is 0 Å². The van der Waals surface area contributed by atoms with Crippen LogP contribution < -0.4 is 10.4 Å². The van der Waals surface area contributed by atoms with Gasteiger partial charge in [-0.1, -0.05) is 37.3 Å². The molecule has 0 radical (unpaired) electrons. The van der Waals surface area contributed by atoms with Gasteiger partial charge in [-0.25, -0.2) is 0 Å². The number of carbonyl (C=O) groups excluding carboxylic acids is 2. The molecular formula is C17H24N2O3. The molecule has 120 valence electrons. The minimum Gasteiger partial charge on any atom is -0.550 e. The van der Waals surface area contributed by atoms with Crippen molar-refractivity contribution in [2.75, 3.05) is 13.1 Å². The third-order valence-corrected chi connectivity index (χ3v) is 4.33. The lowest BCUT2D eigenvalue weighted by Crippen LogP contribution is -2.96. The summed E-state index contributed by atoms with van der Waals surface area (Å²) in [5.74, 6) is -1.23. The van der Waals surface area contributed by atoms with Crippen molar-refractivity contribution in [1.82, 2.24) is 4.90 Å². The maximum atomic E-state index is 12.6. The van der Waals surface area contributed by atoms with E-state index in [4.69, 9.17) is 0 Å². The fourth-order valence-electron chi connectivity index (χ4n) is 2.98. The lowest BCUT2D eigenvalue weighted by molar-refractivity contribution is -0.708. The monoisotopic (exact) mass is 304 g/mol. The van der Waals surface area contributed by atoms with Gasteiger partial charge in [0.25, 0.3) is 5.91 Å². The molecule has 22 heavy (non-hydrogen) atoms. The molecule has 0 bridgehead atoms. The Morgan fingerprint density at radius 1 is 1.36 bits per heavy atom. The Labute approximate surface area is 131 Å². The maximum absolute atomic E-state index is 12.6. The number of carbonyl (C=O) groups is 2. The average Bonchev–Trinajstić information content (AvgIpc) is 2.66. The van der Waals surface area contributed by atoms with Crippen molar-refractivity contribution >= 4 is 11.9 Å². The normalized spacial score (nSPS) is 22.4. The van der Waals surface area contributed by atoms with Crippen LogP contribution in [0.2, 0.25) is 0 Å². The van der Waals surface area contributed by atoms with Gasteiger partial charge in [0.05, 0.1) is 6.04 Å². The van der Waals surface area contributed by atoms with Crippen molar-refractivity contribution < 1.29 is 20.0 Å². The van der Waals surface area contributed by atoms with Crippen LogP contribution in [0.1, 0.15) is 31.7 Å². The number of carboxylic acids is 1. The van der Waals surface area contributed by atoms with Gasteiger partial charge in [0, 0.05) is 31.9 Å². The van der Waals surface area contributed by atoms with Gasteiger partial charge in [-0.2, -0.15) is 0 Å². The number of nitrogens with zero attached hydrogens (tertiary/aromatic N) is 1. The molecule has 1 saturated heterocycles. The summed E-state index contributed by atoms with van der Waals surface area (Å²) >= 11 is 0. The molecule has 0 unspecified atom stereocenters. The molecule has 0 aromatic heterocycles. The van der Waals surface area contributed by atoms with Crippen molar-refractivity contribution in [3.8, 4) is 0 Å². The van der Waals surface area contributed by atoms with E-state index in [0.717, 1.165) is 19.3 Å². The van der Waals surface area contributed by atoms with Crippen LogP contribution in [-0.2, 0) is 16.0 Å². The molecule has 0 saturated carbocycles. The molecular weight excluding hydrogens is 280 g/mol. The van der Waals surface area contributed by atoms with E-state index in [1.165, 1.54) is 5.56 Å². The van der Waals surface area contributed by atoms with E-state index < -0.39 is 12.0 Å². The van der Waals surface area contributed by atoms with Crippen LogP contribution in [-0.4, -0.2) is 41.9 Å². The van der Waals surface area contributed by atoms with Gasteiger partial charge in [-0.3, -0.25) is 4.79 Å². The average molecular weight is 304 g/mol. The van der Waals surface area contributed by atoms with Gasteiger partial charge >= 0.3 is 0 Å². The highest BCUT2D eigenvalue weighted by Gasteiger charge is 2.33. The fraction of sp³-hybridized carbons (Fsp3) is 0.529. The standard InChI is InChI=1S/C17H24N2O3/c1-2-14-9-11-19(10-8-13-6-4-3-5-7-13)17(22)15(18-14)12-16(20)21/h3-7,14-15,18H,2,8-12H2,1H3,(H,20,21)/t14-,15+/m1/s1. The number of amides is 1. The number of rotatable bonds is 6. The van der Waals surface area contributed by atoms with Crippen LogP contribution in [0.25, 0.3) is 0 Å². The molecule has 1 aromatic carbocycles. The number of nitrogens with two attached hydrogens (primary N) is 1. The Kier molecular flexibility index (Phi) is 5.95. The van der Waals surface area contributed by atoms with Gasteiger partial charge in [0.1, 0.15) is 0 Å². The zero-order valence-corrected chi connectivity index (χ0v) is 13.0. The summed E-state index contributed by atoms with van der Waals surface area (Å²) in [4.78, 5) is 25.3. The molecule has 5 heteroatoms. The molecule has 2 rings (SSSR count). The highest BCUT2D eigenvalue weighted by Crippen LogP contribution is 2.08. The fourth-order valence-corrected chi connectivity index (χ4v) is 2.98. The minimum absolute atomic E-state index is 0.0731. The van der Waals surface area contributed by atoms with E-state index in [-0.39, 0.29) is 12.3 Å². The molecule has 2 atom stereocenters. The number of benzene rings is 1. The van der Waals surface area contributed by atoms with E-state index >= 15 is 0 Å². The van der Waals surface area contributed by atoms with E-state index in [0.29, 0.717) is 19.1 Å². The SMILES string of the molecule is CC[C@@H]1CCN(CCc2ccccc2)C(=O)[C@H](CC(=O)[O-])[NH2+]1. The first-order chi connectivity index (χ1) is 10.6. The van der Waals surface area contributed by atoms with Crippen LogP contribution in [0.3, 0.4) is 0 Å². The highest BCUT2D eigenvalue weighted by atomic mass is 16.4. The lowest BCUT2D eigenvalue weighted by atomic mass is 10.1. The van der Waals surface area contributed by atoms with E-state index in [9.17, 15) is 14.7 Å². The predicted molar refractivity (Wildman–Crippen MR) is 80.8 cm³/mol. The molecule has 5 nitrogen and oxygen atoms in total. The number of hydrogen-bond acceptors (Lipinski definition) is 3. The Bertz CT molecular complexity index is 504. The van der Waals surface area contributed by atoms with Crippen LogP contribution in [0, 0.1) is 0 Å². The number of hydrogen-bond donors (Lipinski definition) is 1. The van der Waals surface area contributed by atoms with Crippen LogP contribution in [0.15, 0.2) is 30.3 Å². The molecule has 1 aromatic rings. The topological polar surface area (TPSA) is 77.0 Å². The van der Waals surface area contributed by atoms with Crippen LogP contribution in [0.5, 0.6) is 0 Å². The second-order valence-corrected chi connectivity index (χ2v) is 5.89. The largest absolute Gasteiger partial charge is 0.550 e. The van der Waals surface area contributed by atoms with Crippen LogP contribution in [0.4, 0.5) is 0 Å². The third-order valence-electron chi connectivity index (χ3n) is 4.33. The molecule has 1 amide bonds. The lowest BCUT2D eigenvalue weighted by Gasteiger charge is -2.23. The zero-order valence-electron chi connectivity index (χ0n) is 13.0. The van der Waals surface area contributed by atoms with Gasteiger partial charge < -0.3 is 20.1 Å². The Morgan fingerprint density at radius 2 is 2.09 bits per heavy atom. The summed E-state index contributed by atoms with van der Waals surface area (Å²) in [5.41, 5.74) is 1.19. The summed E-state index contributed by atoms with van der Waals surface area (Å²) in [6, 6.07) is 9.78. The summed E-state index contributed by atoms with van der Waals surface area (Å²) in [5, 5.41) is 12.8. The van der Waals surface area contributed by atoms with E-state index in [2.05, 4.69) is 6.92 Å². The zero-order chi connectivity index (χ0) is 15.9. The number of carboxylic acid groups (broad SMARTS) is 1. The van der Waals surface area contributed by atoms with Crippen molar-refractivity contribution in [3.05, 3.63) is 35.9 Å². The number of quaternary nitrogens is 1. The first kappa shape index (κ1) is 16.5. The van der Waals surface area contributed by atoms with Gasteiger partial charge in [-0.05, 0) is 18.4 Å². The maximum Gasteiger partial charge on any atom is 0.281 e. The smallest absolute Gasteiger partial charge is 0.281 e. The van der Waals surface area contributed by atoms with Crippen molar-refractivity contribution in [2.45, 2.75) is 44.7 Å². The molecule has 1 fully saturated rings. The minimum atomic E-state index is -1.16. The summed E-state index contributed by atoms with van der Waals surface area (Å²) in [7, 11) is 0. The van der Waals surface area contributed by atoms with E-state index in [1.54, 1.807) is 0 Å². The Morgan fingerprint density at radius 3 is 2.73 bits per heavy atom. The van der Waals surface area contributed by atoms with Gasteiger partial charge in [0.15, 0.2) is 6.04 Å². The molecule has 0 spiro atoms. The van der Waals surface area contributed by atoms with Crippen molar-refractivity contribution in [1.29, 1.82) is 0 Å². The second-order valence-electron chi connectivity index (χ2n) is 5.89. The van der Waals surface area contributed by atoms with Crippen molar-refractivity contribution in [3.63, 3.8) is 0 Å². The summed E-state index contributed by atoms with van der Waals surface area (Å²) < 4.78 is 0. The summed E-state index contributed by atoms with van der Waals surface area (Å²) in [6.07, 6.45) is 2.42. The molecule has 1 heterocycles.